The van der Waals surface area contributed by atoms with E-state index in [9.17, 15) is 4.79 Å². The number of amides is 1. The van der Waals surface area contributed by atoms with Crippen LogP contribution in [0.3, 0.4) is 0 Å². The number of carbonyl (C=O) groups is 1. The number of benzene rings is 2. The summed E-state index contributed by atoms with van der Waals surface area (Å²) in [6.07, 6.45) is 1.25. The van der Waals surface area contributed by atoms with Gasteiger partial charge in [-0.1, -0.05) is 67.4 Å². The molecule has 0 heterocycles. The average Bonchev–Trinajstić information content (AvgIpc) is 2.40. The van der Waals surface area contributed by atoms with Gasteiger partial charge in [0.05, 0.1) is 6.42 Å². The number of hydrogen-bond donors (Lipinski definition) is 2. The van der Waals surface area contributed by atoms with Gasteiger partial charge < -0.3 is 4.72 Å². The highest BCUT2D eigenvalue weighted by molar-refractivity contribution is 7.78. The lowest BCUT2D eigenvalue weighted by Gasteiger charge is -2.05. The van der Waals surface area contributed by atoms with Crippen LogP contribution in [0.25, 0.3) is 0 Å². The van der Waals surface area contributed by atoms with Crippen molar-refractivity contribution in [3.8, 4) is 0 Å². The summed E-state index contributed by atoms with van der Waals surface area (Å²) in [5.74, 6) is -0.0878. The summed E-state index contributed by atoms with van der Waals surface area (Å²) in [5, 5.41) is 0. The molecule has 0 spiro atoms. The molecule has 2 rings (SSSR count). The monoisotopic (exact) mass is 257 g/mol. The molecule has 0 aliphatic carbocycles. The minimum Gasteiger partial charge on any atom is -0.302 e. The zero-order valence-electron chi connectivity index (χ0n) is 9.97. The Bertz CT molecular complexity index is 525. The molecule has 0 saturated carbocycles. The number of hydrogen-bond acceptors (Lipinski definition) is 2. The van der Waals surface area contributed by atoms with Crippen LogP contribution in [0.5, 0.6) is 0 Å². The van der Waals surface area contributed by atoms with E-state index in [1.165, 1.54) is 11.1 Å². The summed E-state index contributed by atoms with van der Waals surface area (Å²) in [6.45, 7) is 0. The third kappa shape index (κ3) is 3.64. The summed E-state index contributed by atoms with van der Waals surface area (Å²) >= 11 is 3.75. The van der Waals surface area contributed by atoms with Crippen molar-refractivity contribution in [2.24, 2.45) is 0 Å². The first-order valence-corrected chi connectivity index (χ1v) is 6.27. The Kier molecular flexibility index (Phi) is 4.42. The van der Waals surface area contributed by atoms with Crippen LogP contribution in [0.2, 0.25) is 0 Å². The Balaban J connectivity index is 2.10. The Morgan fingerprint density at radius 2 is 1.61 bits per heavy atom. The third-order valence-electron chi connectivity index (χ3n) is 2.73. The molecule has 2 nitrogen and oxygen atoms in total. The lowest BCUT2D eigenvalue weighted by molar-refractivity contribution is -0.118. The molecule has 0 aromatic heterocycles. The highest BCUT2D eigenvalue weighted by atomic mass is 32.1. The first-order chi connectivity index (χ1) is 8.78. The van der Waals surface area contributed by atoms with Crippen LogP contribution in [0.15, 0.2) is 54.6 Å². The van der Waals surface area contributed by atoms with Crippen molar-refractivity contribution in [1.29, 1.82) is 0 Å². The van der Waals surface area contributed by atoms with Crippen LogP contribution in [0.4, 0.5) is 0 Å². The number of nitrogens with one attached hydrogen (secondary N) is 1. The van der Waals surface area contributed by atoms with Crippen molar-refractivity contribution in [2.45, 2.75) is 12.8 Å². The number of thiol groups is 1. The lowest BCUT2D eigenvalue weighted by atomic mass is 10.0. The van der Waals surface area contributed by atoms with Gasteiger partial charge in [0.2, 0.25) is 5.91 Å². The molecule has 0 fully saturated rings. The van der Waals surface area contributed by atoms with Crippen molar-refractivity contribution < 1.29 is 4.79 Å². The van der Waals surface area contributed by atoms with E-state index in [1.54, 1.807) is 0 Å². The molecule has 0 bridgehead atoms. The predicted molar refractivity (Wildman–Crippen MR) is 76.5 cm³/mol. The SMILES string of the molecule is O=C(Cc1cccc(Cc2ccccc2)c1)NS. The van der Waals surface area contributed by atoms with Crippen LogP contribution in [-0.2, 0) is 17.6 Å². The molecule has 0 radical (unpaired) electrons. The summed E-state index contributed by atoms with van der Waals surface area (Å²) in [6, 6.07) is 18.4. The Labute approximate surface area is 113 Å². The van der Waals surface area contributed by atoms with E-state index in [0.29, 0.717) is 6.42 Å². The van der Waals surface area contributed by atoms with E-state index in [1.807, 2.05) is 30.3 Å². The van der Waals surface area contributed by atoms with Crippen molar-refractivity contribution in [3.63, 3.8) is 0 Å². The fraction of sp³-hybridized carbons (Fsp3) is 0.133. The van der Waals surface area contributed by atoms with E-state index in [-0.39, 0.29) is 5.91 Å². The Morgan fingerprint density at radius 3 is 2.33 bits per heavy atom. The summed E-state index contributed by atoms with van der Waals surface area (Å²) in [5.41, 5.74) is 3.49. The molecule has 18 heavy (non-hydrogen) atoms. The Hall–Kier alpha value is -1.74. The Morgan fingerprint density at radius 1 is 0.944 bits per heavy atom. The molecule has 1 N–H and O–H groups in total. The minimum atomic E-state index is -0.0878. The van der Waals surface area contributed by atoms with Crippen LogP contribution in [0.1, 0.15) is 16.7 Å². The van der Waals surface area contributed by atoms with Crippen LogP contribution >= 0.6 is 12.8 Å². The smallest absolute Gasteiger partial charge is 0.234 e. The van der Waals surface area contributed by atoms with E-state index in [2.05, 4.69) is 41.8 Å². The van der Waals surface area contributed by atoms with Gasteiger partial charge in [-0.25, -0.2) is 0 Å². The van der Waals surface area contributed by atoms with E-state index < -0.39 is 0 Å². The summed E-state index contributed by atoms with van der Waals surface area (Å²) < 4.78 is 2.34. The molecular weight excluding hydrogens is 242 g/mol. The summed E-state index contributed by atoms with van der Waals surface area (Å²) in [4.78, 5) is 11.3. The van der Waals surface area contributed by atoms with Gasteiger partial charge in [-0.2, -0.15) is 0 Å². The normalized spacial score (nSPS) is 10.1. The van der Waals surface area contributed by atoms with Crippen molar-refractivity contribution in [3.05, 3.63) is 71.3 Å². The summed E-state index contributed by atoms with van der Waals surface area (Å²) in [7, 11) is 0. The van der Waals surface area contributed by atoms with Gasteiger partial charge in [0.1, 0.15) is 0 Å². The molecule has 0 aliphatic heterocycles. The standard InChI is InChI=1S/C15H15NOS/c17-15(16-18)11-14-8-4-7-13(10-14)9-12-5-2-1-3-6-12/h1-8,10,18H,9,11H2,(H,16,17). The van der Waals surface area contributed by atoms with Crippen LogP contribution in [-0.4, -0.2) is 5.91 Å². The quantitative estimate of drug-likeness (QED) is 0.810. The maximum Gasteiger partial charge on any atom is 0.234 e. The van der Waals surface area contributed by atoms with Gasteiger partial charge in [-0.3, -0.25) is 4.79 Å². The zero-order chi connectivity index (χ0) is 12.8. The van der Waals surface area contributed by atoms with Gasteiger partial charge in [0, 0.05) is 0 Å². The zero-order valence-corrected chi connectivity index (χ0v) is 10.9. The molecule has 92 valence electrons. The highest BCUT2D eigenvalue weighted by Crippen LogP contribution is 2.11. The van der Waals surface area contributed by atoms with Crippen molar-refractivity contribution >= 4 is 18.7 Å². The lowest BCUT2D eigenvalue weighted by Crippen LogP contribution is -2.15. The van der Waals surface area contributed by atoms with Gasteiger partial charge >= 0.3 is 0 Å². The second-order valence-corrected chi connectivity index (χ2v) is 4.42. The molecular formula is C15H15NOS. The topological polar surface area (TPSA) is 29.1 Å². The minimum absolute atomic E-state index is 0.0878. The first-order valence-electron chi connectivity index (χ1n) is 5.82. The molecule has 0 unspecified atom stereocenters. The van der Waals surface area contributed by atoms with Crippen molar-refractivity contribution in [1.82, 2.24) is 4.72 Å². The molecule has 2 aromatic rings. The molecule has 3 heteroatoms. The predicted octanol–water partition coefficient (Wildman–Crippen LogP) is 2.78. The molecule has 2 aromatic carbocycles. The fourth-order valence-electron chi connectivity index (χ4n) is 1.91. The fourth-order valence-corrected chi connectivity index (χ4v) is 1.99. The van der Waals surface area contributed by atoms with Gasteiger partial charge in [-0.15, -0.1) is 0 Å². The first kappa shape index (κ1) is 12.7. The van der Waals surface area contributed by atoms with Gasteiger partial charge in [-0.05, 0) is 23.1 Å². The van der Waals surface area contributed by atoms with Gasteiger partial charge in [0.15, 0.2) is 0 Å². The molecule has 1 amide bonds. The van der Waals surface area contributed by atoms with E-state index in [0.717, 1.165) is 12.0 Å². The number of carbonyl (C=O) groups excluding carboxylic acids is 1. The maximum atomic E-state index is 11.3. The second kappa shape index (κ2) is 6.26. The third-order valence-corrected chi connectivity index (χ3v) is 2.98. The number of rotatable bonds is 4. The van der Waals surface area contributed by atoms with Crippen molar-refractivity contribution in [2.75, 3.05) is 0 Å². The average molecular weight is 257 g/mol. The highest BCUT2D eigenvalue weighted by Gasteiger charge is 2.02. The van der Waals surface area contributed by atoms with E-state index in [4.69, 9.17) is 0 Å². The molecule has 0 aliphatic rings. The molecule has 0 saturated heterocycles. The molecule has 0 atom stereocenters. The van der Waals surface area contributed by atoms with Crippen LogP contribution < -0.4 is 4.72 Å². The van der Waals surface area contributed by atoms with Gasteiger partial charge in [0.25, 0.3) is 0 Å². The van der Waals surface area contributed by atoms with Crippen LogP contribution in [0, 0.1) is 0 Å². The largest absolute Gasteiger partial charge is 0.302 e. The maximum absolute atomic E-state index is 11.3. The second-order valence-electron chi connectivity index (χ2n) is 4.19. The van der Waals surface area contributed by atoms with E-state index >= 15 is 0 Å².